The number of nitrogen functional groups attached to an aromatic ring is 1. The number of nitrogens with two attached hydrogens (primary N) is 1. The summed E-state index contributed by atoms with van der Waals surface area (Å²) in [4.78, 5) is 8.45. The van der Waals surface area contributed by atoms with Crippen molar-refractivity contribution in [3.63, 3.8) is 0 Å². The van der Waals surface area contributed by atoms with E-state index in [1.165, 1.54) is 6.07 Å². The molecule has 0 amide bonds. The van der Waals surface area contributed by atoms with Gasteiger partial charge in [0.25, 0.3) is 0 Å². The number of benzene rings is 1. The lowest BCUT2D eigenvalue weighted by Gasteiger charge is -2.07. The van der Waals surface area contributed by atoms with Gasteiger partial charge in [0.1, 0.15) is 12.4 Å². The molecule has 3 aromatic rings. The molecule has 8 heteroatoms. The maximum Gasteiger partial charge on any atom is 0.170 e. The molecular formula is C13H11BrFN5O. The van der Waals surface area contributed by atoms with Crippen molar-refractivity contribution in [1.29, 1.82) is 0 Å². The average molecular weight is 352 g/mol. The predicted molar refractivity (Wildman–Crippen MR) is 79.1 cm³/mol. The average Bonchev–Trinajstić information content (AvgIpc) is 2.82. The number of rotatable bonds is 3. The molecule has 0 atom stereocenters. The van der Waals surface area contributed by atoms with Gasteiger partial charge in [-0.2, -0.15) is 5.10 Å². The van der Waals surface area contributed by atoms with E-state index in [4.69, 9.17) is 10.5 Å². The highest BCUT2D eigenvalue weighted by Crippen LogP contribution is 2.23. The maximum absolute atomic E-state index is 13.6. The lowest BCUT2D eigenvalue weighted by Crippen LogP contribution is -2.06. The van der Waals surface area contributed by atoms with E-state index in [1.54, 1.807) is 30.1 Å². The summed E-state index contributed by atoms with van der Waals surface area (Å²) in [6.45, 7) is 0.0126. The van der Waals surface area contributed by atoms with Gasteiger partial charge in [0.2, 0.25) is 0 Å². The standard InChI is InChI=1S/C13H11BrFN5O/c1-20-13-8(5-17-20)12(16)18-11(19-13)6-21-10-4-7(14)2-3-9(10)15/h2-5H,6H2,1H3,(H2,16,18,19). The van der Waals surface area contributed by atoms with E-state index in [0.29, 0.717) is 22.7 Å². The number of aryl methyl sites for hydroxylation is 1. The van der Waals surface area contributed by atoms with Crippen molar-refractivity contribution in [2.45, 2.75) is 6.61 Å². The largest absolute Gasteiger partial charge is 0.482 e. The van der Waals surface area contributed by atoms with Crippen LogP contribution in [0.1, 0.15) is 5.82 Å². The third kappa shape index (κ3) is 2.66. The van der Waals surface area contributed by atoms with Gasteiger partial charge in [0.15, 0.2) is 23.0 Å². The van der Waals surface area contributed by atoms with Crippen molar-refractivity contribution in [3.05, 3.63) is 40.5 Å². The molecule has 3 rings (SSSR count). The third-order valence-electron chi connectivity index (χ3n) is 2.92. The summed E-state index contributed by atoms with van der Waals surface area (Å²) in [5.41, 5.74) is 6.46. The number of hydrogen-bond donors (Lipinski definition) is 1. The smallest absolute Gasteiger partial charge is 0.170 e. The Bertz CT molecular complexity index is 820. The normalized spacial score (nSPS) is 11.0. The molecule has 1 aromatic carbocycles. The SMILES string of the molecule is Cn1ncc2c(N)nc(COc3cc(Br)ccc3F)nc21. The molecule has 2 heterocycles. The van der Waals surface area contributed by atoms with Gasteiger partial charge >= 0.3 is 0 Å². The Hall–Kier alpha value is -2.22. The fourth-order valence-corrected chi connectivity index (χ4v) is 2.23. The predicted octanol–water partition coefficient (Wildman–Crippen LogP) is 2.43. The Balaban J connectivity index is 1.88. The molecule has 0 aliphatic carbocycles. The molecule has 0 spiro atoms. The van der Waals surface area contributed by atoms with E-state index in [2.05, 4.69) is 31.0 Å². The zero-order valence-corrected chi connectivity index (χ0v) is 12.6. The maximum atomic E-state index is 13.6. The van der Waals surface area contributed by atoms with Crippen LogP contribution < -0.4 is 10.5 Å². The first-order chi connectivity index (χ1) is 10.0. The van der Waals surface area contributed by atoms with Gasteiger partial charge in [0.05, 0.1) is 11.6 Å². The van der Waals surface area contributed by atoms with Crippen LogP contribution in [-0.4, -0.2) is 19.7 Å². The summed E-state index contributed by atoms with van der Waals surface area (Å²) >= 11 is 3.26. The Morgan fingerprint density at radius 2 is 2.19 bits per heavy atom. The molecule has 2 aromatic heterocycles. The second-order valence-electron chi connectivity index (χ2n) is 4.39. The van der Waals surface area contributed by atoms with Crippen LogP contribution in [0.25, 0.3) is 11.0 Å². The second kappa shape index (κ2) is 5.28. The second-order valence-corrected chi connectivity index (χ2v) is 5.31. The highest BCUT2D eigenvalue weighted by Gasteiger charge is 2.11. The van der Waals surface area contributed by atoms with Crippen molar-refractivity contribution < 1.29 is 9.13 Å². The molecule has 0 saturated heterocycles. The quantitative estimate of drug-likeness (QED) is 0.783. The van der Waals surface area contributed by atoms with Gasteiger partial charge in [-0.05, 0) is 18.2 Å². The number of anilines is 1. The van der Waals surface area contributed by atoms with Crippen LogP contribution in [0.4, 0.5) is 10.2 Å². The van der Waals surface area contributed by atoms with Gasteiger partial charge in [-0.1, -0.05) is 15.9 Å². The van der Waals surface area contributed by atoms with E-state index < -0.39 is 5.82 Å². The van der Waals surface area contributed by atoms with Crippen molar-refractivity contribution in [2.75, 3.05) is 5.73 Å². The number of aromatic nitrogens is 4. The Labute approximate surface area is 127 Å². The topological polar surface area (TPSA) is 78.9 Å². The Morgan fingerprint density at radius 1 is 1.38 bits per heavy atom. The lowest BCUT2D eigenvalue weighted by molar-refractivity contribution is 0.281. The first-order valence-corrected chi connectivity index (χ1v) is 6.86. The summed E-state index contributed by atoms with van der Waals surface area (Å²) in [6.07, 6.45) is 1.60. The van der Waals surface area contributed by atoms with Crippen LogP contribution in [-0.2, 0) is 13.7 Å². The molecule has 0 bridgehead atoms. The van der Waals surface area contributed by atoms with Crippen LogP contribution in [0.15, 0.2) is 28.9 Å². The molecular weight excluding hydrogens is 341 g/mol. The number of hydrogen-bond acceptors (Lipinski definition) is 5. The van der Waals surface area contributed by atoms with E-state index in [0.717, 1.165) is 4.47 Å². The van der Waals surface area contributed by atoms with E-state index >= 15 is 0 Å². The van der Waals surface area contributed by atoms with Crippen LogP contribution in [0.5, 0.6) is 5.75 Å². The van der Waals surface area contributed by atoms with Crippen LogP contribution in [0.3, 0.4) is 0 Å². The Kier molecular flexibility index (Phi) is 3.46. The molecule has 21 heavy (non-hydrogen) atoms. The highest BCUT2D eigenvalue weighted by molar-refractivity contribution is 9.10. The van der Waals surface area contributed by atoms with Gasteiger partial charge in [-0.3, -0.25) is 4.68 Å². The highest BCUT2D eigenvalue weighted by atomic mass is 79.9. The number of fused-ring (bicyclic) bond motifs is 1. The molecule has 0 unspecified atom stereocenters. The van der Waals surface area contributed by atoms with Crippen molar-refractivity contribution >= 4 is 32.8 Å². The van der Waals surface area contributed by atoms with Crippen LogP contribution in [0, 0.1) is 5.82 Å². The zero-order chi connectivity index (χ0) is 15.0. The number of ether oxygens (including phenoxy) is 1. The van der Waals surface area contributed by atoms with Gasteiger partial charge in [0, 0.05) is 11.5 Å². The third-order valence-corrected chi connectivity index (χ3v) is 3.41. The van der Waals surface area contributed by atoms with Gasteiger partial charge in [-0.25, -0.2) is 14.4 Å². The first-order valence-electron chi connectivity index (χ1n) is 6.06. The molecule has 6 nitrogen and oxygen atoms in total. The Morgan fingerprint density at radius 3 is 3.00 bits per heavy atom. The lowest BCUT2D eigenvalue weighted by atomic mass is 10.3. The summed E-state index contributed by atoms with van der Waals surface area (Å²) in [7, 11) is 1.76. The molecule has 108 valence electrons. The number of halogens is 2. The molecule has 0 fully saturated rings. The van der Waals surface area contributed by atoms with Crippen LogP contribution in [0.2, 0.25) is 0 Å². The van der Waals surface area contributed by atoms with Gasteiger partial charge in [-0.15, -0.1) is 0 Å². The fraction of sp³-hybridized carbons (Fsp3) is 0.154. The molecule has 0 aliphatic rings. The minimum absolute atomic E-state index is 0.0126. The van der Waals surface area contributed by atoms with Gasteiger partial charge < -0.3 is 10.5 Å². The molecule has 0 saturated carbocycles. The number of nitrogens with zero attached hydrogens (tertiary/aromatic N) is 4. The summed E-state index contributed by atoms with van der Waals surface area (Å²) < 4.78 is 21.3. The first kappa shape index (κ1) is 13.7. The fourth-order valence-electron chi connectivity index (χ4n) is 1.89. The van der Waals surface area contributed by atoms with Crippen molar-refractivity contribution in [2.24, 2.45) is 7.05 Å². The van der Waals surface area contributed by atoms with Crippen molar-refractivity contribution in [1.82, 2.24) is 19.7 Å². The van der Waals surface area contributed by atoms with Crippen molar-refractivity contribution in [3.8, 4) is 5.75 Å². The molecule has 0 radical (unpaired) electrons. The summed E-state index contributed by atoms with van der Waals surface area (Å²) in [5.74, 6) is 0.355. The zero-order valence-electron chi connectivity index (χ0n) is 11.0. The van der Waals surface area contributed by atoms with Crippen LogP contribution >= 0.6 is 15.9 Å². The summed E-state index contributed by atoms with van der Waals surface area (Å²) in [6, 6.07) is 4.46. The molecule has 0 aliphatic heterocycles. The monoisotopic (exact) mass is 351 g/mol. The minimum Gasteiger partial charge on any atom is -0.482 e. The minimum atomic E-state index is -0.451. The summed E-state index contributed by atoms with van der Waals surface area (Å²) in [5, 5.41) is 4.74. The van der Waals surface area contributed by atoms with E-state index in [9.17, 15) is 4.39 Å². The van der Waals surface area contributed by atoms with E-state index in [1.807, 2.05) is 0 Å². The van der Waals surface area contributed by atoms with E-state index in [-0.39, 0.29) is 12.4 Å². The molecule has 2 N–H and O–H groups in total.